The summed E-state index contributed by atoms with van der Waals surface area (Å²) in [6.07, 6.45) is 3.30. The molecule has 1 aliphatic rings. The van der Waals surface area contributed by atoms with E-state index in [4.69, 9.17) is 9.84 Å². The number of urea groups is 1. The Morgan fingerprint density at radius 2 is 2.11 bits per heavy atom. The van der Waals surface area contributed by atoms with Gasteiger partial charge in [0.05, 0.1) is 12.5 Å². The van der Waals surface area contributed by atoms with Gasteiger partial charge >= 0.3 is 12.0 Å². The van der Waals surface area contributed by atoms with Crippen molar-refractivity contribution in [2.75, 3.05) is 33.9 Å². The van der Waals surface area contributed by atoms with E-state index in [0.717, 1.165) is 12.8 Å². The molecule has 1 saturated carbocycles. The van der Waals surface area contributed by atoms with Gasteiger partial charge in [-0.3, -0.25) is 4.79 Å². The van der Waals surface area contributed by atoms with Crippen molar-refractivity contribution in [3.05, 3.63) is 0 Å². The fourth-order valence-electron chi connectivity index (χ4n) is 2.32. The lowest BCUT2D eigenvalue weighted by atomic mass is 9.69. The van der Waals surface area contributed by atoms with Crippen LogP contribution in [0, 0.1) is 11.3 Å². The molecule has 0 bridgehead atoms. The molecule has 1 rings (SSSR count). The minimum Gasteiger partial charge on any atom is -0.481 e. The largest absolute Gasteiger partial charge is 0.481 e. The molecule has 6 heteroatoms. The fraction of sp³-hybridized carbons (Fsp3) is 0.846. The Balaban J connectivity index is 2.35. The molecular weight excluding hydrogens is 248 g/mol. The van der Waals surface area contributed by atoms with Crippen LogP contribution in [-0.4, -0.2) is 55.9 Å². The molecule has 0 aromatic rings. The zero-order valence-electron chi connectivity index (χ0n) is 11.9. The van der Waals surface area contributed by atoms with Gasteiger partial charge in [-0.2, -0.15) is 0 Å². The minimum atomic E-state index is -0.894. The lowest BCUT2D eigenvalue weighted by molar-refractivity contribution is -0.141. The summed E-state index contributed by atoms with van der Waals surface area (Å²) in [4.78, 5) is 24.0. The van der Waals surface area contributed by atoms with Crippen LogP contribution in [-0.2, 0) is 9.53 Å². The highest BCUT2D eigenvalue weighted by Gasteiger charge is 2.37. The lowest BCUT2D eigenvalue weighted by Crippen LogP contribution is -2.49. The molecule has 0 aromatic heterocycles. The quantitative estimate of drug-likeness (QED) is 0.729. The molecule has 6 nitrogen and oxygen atoms in total. The van der Waals surface area contributed by atoms with Crippen LogP contribution in [0.15, 0.2) is 0 Å². The van der Waals surface area contributed by atoms with Crippen LogP contribution >= 0.6 is 0 Å². The summed E-state index contributed by atoms with van der Waals surface area (Å²) in [7, 11) is 3.28. The highest BCUT2D eigenvalue weighted by atomic mass is 16.5. The van der Waals surface area contributed by atoms with Crippen LogP contribution in [0.1, 0.15) is 26.2 Å². The van der Waals surface area contributed by atoms with E-state index in [1.165, 1.54) is 11.3 Å². The van der Waals surface area contributed by atoms with Gasteiger partial charge in [0.15, 0.2) is 0 Å². The molecule has 0 aliphatic heterocycles. The maximum atomic E-state index is 11.9. The molecule has 2 amide bonds. The van der Waals surface area contributed by atoms with Crippen LogP contribution < -0.4 is 5.32 Å². The van der Waals surface area contributed by atoms with E-state index < -0.39 is 11.9 Å². The minimum absolute atomic E-state index is 0.0731. The lowest BCUT2D eigenvalue weighted by Gasteiger charge is -2.41. The van der Waals surface area contributed by atoms with Crippen molar-refractivity contribution >= 4 is 12.0 Å². The number of nitrogens with one attached hydrogen (secondary N) is 1. The molecule has 1 aliphatic carbocycles. The number of methoxy groups -OCH3 is 1. The van der Waals surface area contributed by atoms with E-state index in [9.17, 15) is 9.59 Å². The average molecular weight is 272 g/mol. The van der Waals surface area contributed by atoms with Crippen molar-refractivity contribution in [1.29, 1.82) is 0 Å². The van der Waals surface area contributed by atoms with Crippen molar-refractivity contribution in [2.24, 2.45) is 11.3 Å². The number of carboxylic acid groups (broad SMARTS) is 1. The van der Waals surface area contributed by atoms with Crippen molar-refractivity contribution < 1.29 is 19.4 Å². The van der Waals surface area contributed by atoms with Gasteiger partial charge in [0, 0.05) is 32.7 Å². The van der Waals surface area contributed by atoms with E-state index in [1.807, 2.05) is 0 Å². The Hall–Kier alpha value is -1.30. The number of nitrogens with zero attached hydrogens (tertiary/aromatic N) is 1. The van der Waals surface area contributed by atoms with Gasteiger partial charge in [0.2, 0.25) is 0 Å². The second-order valence-electron chi connectivity index (χ2n) is 5.57. The Morgan fingerprint density at radius 1 is 1.47 bits per heavy atom. The first kappa shape index (κ1) is 15.8. The molecule has 0 aromatic carbocycles. The normalized spacial score (nSPS) is 18.3. The monoisotopic (exact) mass is 272 g/mol. The molecule has 1 unspecified atom stereocenters. The topological polar surface area (TPSA) is 78.9 Å². The number of amides is 2. The van der Waals surface area contributed by atoms with Crippen LogP contribution in [0.3, 0.4) is 0 Å². The van der Waals surface area contributed by atoms with Crippen LogP contribution in [0.25, 0.3) is 0 Å². The standard InChI is InChI=1S/C13H24N2O4/c1-10(11(16)17)7-15(2)12(18)14-8-13(9-19-3)5-4-6-13/h10H,4-9H2,1-3H3,(H,14,18)(H,16,17). The summed E-state index contributed by atoms with van der Waals surface area (Å²) >= 11 is 0. The number of hydrogen-bond acceptors (Lipinski definition) is 3. The first-order valence-corrected chi connectivity index (χ1v) is 6.61. The molecule has 110 valence electrons. The molecule has 19 heavy (non-hydrogen) atoms. The number of hydrogen-bond donors (Lipinski definition) is 2. The summed E-state index contributed by atoms with van der Waals surface area (Å²) in [5.74, 6) is -1.46. The molecule has 0 spiro atoms. The average Bonchev–Trinajstić information content (AvgIpc) is 2.31. The Morgan fingerprint density at radius 3 is 2.53 bits per heavy atom. The summed E-state index contributed by atoms with van der Waals surface area (Å²) in [5, 5.41) is 11.7. The zero-order chi connectivity index (χ0) is 14.5. The molecule has 0 saturated heterocycles. The van der Waals surface area contributed by atoms with Gasteiger partial charge < -0.3 is 20.1 Å². The maximum Gasteiger partial charge on any atom is 0.317 e. The summed E-state index contributed by atoms with van der Waals surface area (Å²) in [5.41, 5.74) is 0.0731. The van der Waals surface area contributed by atoms with Crippen molar-refractivity contribution in [3.8, 4) is 0 Å². The fourth-order valence-corrected chi connectivity index (χ4v) is 2.32. The predicted molar refractivity (Wildman–Crippen MR) is 71.0 cm³/mol. The smallest absolute Gasteiger partial charge is 0.317 e. The molecule has 0 heterocycles. The molecular formula is C13H24N2O4. The second-order valence-corrected chi connectivity index (χ2v) is 5.57. The molecule has 2 N–H and O–H groups in total. The number of aliphatic carboxylic acids is 1. The third-order valence-corrected chi connectivity index (χ3v) is 3.80. The number of ether oxygens (including phenoxy) is 1. The van der Waals surface area contributed by atoms with Gasteiger partial charge in [0.1, 0.15) is 0 Å². The highest BCUT2D eigenvalue weighted by molar-refractivity contribution is 5.75. The first-order chi connectivity index (χ1) is 8.90. The third-order valence-electron chi connectivity index (χ3n) is 3.80. The Labute approximate surface area is 114 Å². The van der Waals surface area contributed by atoms with Gasteiger partial charge in [0.25, 0.3) is 0 Å². The third kappa shape index (κ3) is 4.38. The Kier molecular flexibility index (Phi) is 5.60. The molecule has 0 radical (unpaired) electrons. The van der Waals surface area contributed by atoms with E-state index in [0.29, 0.717) is 13.2 Å². The van der Waals surface area contributed by atoms with Crippen molar-refractivity contribution in [2.45, 2.75) is 26.2 Å². The number of carbonyl (C=O) groups is 2. The van der Waals surface area contributed by atoms with E-state index >= 15 is 0 Å². The van der Waals surface area contributed by atoms with Crippen molar-refractivity contribution in [3.63, 3.8) is 0 Å². The SMILES string of the molecule is COCC1(CNC(=O)N(C)CC(C)C(=O)O)CCC1. The maximum absolute atomic E-state index is 11.9. The van der Waals surface area contributed by atoms with E-state index in [2.05, 4.69) is 5.32 Å². The summed E-state index contributed by atoms with van der Waals surface area (Å²) in [6, 6.07) is -0.226. The van der Waals surface area contributed by atoms with Gasteiger partial charge in [-0.1, -0.05) is 13.3 Å². The van der Waals surface area contributed by atoms with Gasteiger partial charge in [-0.25, -0.2) is 4.79 Å². The predicted octanol–water partition coefficient (Wildman–Crippen LogP) is 1.17. The van der Waals surface area contributed by atoms with Crippen LogP contribution in [0.5, 0.6) is 0 Å². The van der Waals surface area contributed by atoms with Crippen LogP contribution in [0.4, 0.5) is 4.79 Å². The molecule has 1 atom stereocenters. The van der Waals surface area contributed by atoms with Gasteiger partial charge in [-0.15, -0.1) is 0 Å². The number of carboxylic acids is 1. The first-order valence-electron chi connectivity index (χ1n) is 6.61. The summed E-state index contributed by atoms with van der Waals surface area (Å²) < 4.78 is 5.20. The van der Waals surface area contributed by atoms with E-state index in [-0.39, 0.29) is 18.0 Å². The molecule has 1 fully saturated rings. The number of rotatable bonds is 7. The number of carbonyl (C=O) groups excluding carboxylic acids is 1. The Bertz CT molecular complexity index is 329. The summed E-state index contributed by atoms with van der Waals surface area (Å²) in [6.45, 7) is 3.04. The van der Waals surface area contributed by atoms with Gasteiger partial charge in [-0.05, 0) is 12.8 Å². The van der Waals surface area contributed by atoms with Crippen LogP contribution in [0.2, 0.25) is 0 Å². The van der Waals surface area contributed by atoms with Crippen molar-refractivity contribution in [1.82, 2.24) is 10.2 Å². The zero-order valence-corrected chi connectivity index (χ0v) is 11.9. The second kappa shape index (κ2) is 6.75. The highest BCUT2D eigenvalue weighted by Crippen LogP contribution is 2.40. The van der Waals surface area contributed by atoms with E-state index in [1.54, 1.807) is 21.1 Å².